The molecule has 5 nitrogen and oxygen atoms in total. The molecule has 0 aliphatic carbocycles. The van der Waals surface area contributed by atoms with Crippen molar-refractivity contribution in [2.75, 3.05) is 22.9 Å². The van der Waals surface area contributed by atoms with Crippen molar-refractivity contribution in [1.29, 1.82) is 0 Å². The number of amides is 1. The standard InChI is InChI=1S/C20H26N2O3S/c1-6-15-9-8-10-16(7-2)19(15)21-20(23)17-11-12-18(14(3)13-17)22(4)26(5,24)25/h8-13H,6-7H2,1-5H3,(H,21,23). The normalized spacial score (nSPS) is 11.3. The Hall–Kier alpha value is -2.34. The summed E-state index contributed by atoms with van der Waals surface area (Å²) in [6.07, 6.45) is 2.82. The van der Waals surface area contributed by atoms with E-state index in [4.69, 9.17) is 0 Å². The van der Waals surface area contributed by atoms with Gasteiger partial charge in [0, 0.05) is 18.3 Å². The van der Waals surface area contributed by atoms with Crippen LogP contribution in [0.25, 0.3) is 0 Å². The fourth-order valence-corrected chi connectivity index (χ4v) is 3.48. The third-order valence-electron chi connectivity index (χ3n) is 4.53. The van der Waals surface area contributed by atoms with E-state index in [2.05, 4.69) is 19.2 Å². The number of aryl methyl sites for hydroxylation is 3. The molecule has 1 amide bonds. The second-order valence-electron chi connectivity index (χ2n) is 6.34. The van der Waals surface area contributed by atoms with Crippen molar-refractivity contribution in [1.82, 2.24) is 0 Å². The first kappa shape index (κ1) is 20.0. The first-order valence-corrected chi connectivity index (χ1v) is 10.5. The summed E-state index contributed by atoms with van der Waals surface area (Å²) in [7, 11) is -1.84. The van der Waals surface area contributed by atoms with Gasteiger partial charge in [0.2, 0.25) is 10.0 Å². The largest absolute Gasteiger partial charge is 0.321 e. The molecule has 0 bridgehead atoms. The summed E-state index contributed by atoms with van der Waals surface area (Å²) < 4.78 is 24.7. The summed E-state index contributed by atoms with van der Waals surface area (Å²) in [5.74, 6) is -0.197. The van der Waals surface area contributed by atoms with E-state index in [-0.39, 0.29) is 5.91 Å². The van der Waals surface area contributed by atoms with E-state index in [1.165, 1.54) is 11.4 Å². The fraction of sp³-hybridized carbons (Fsp3) is 0.350. The number of carbonyl (C=O) groups is 1. The van der Waals surface area contributed by atoms with Gasteiger partial charge in [0.25, 0.3) is 5.91 Å². The van der Waals surface area contributed by atoms with Crippen LogP contribution in [0.1, 0.15) is 40.9 Å². The molecule has 2 aromatic carbocycles. The summed E-state index contributed by atoms with van der Waals surface area (Å²) >= 11 is 0. The Morgan fingerprint density at radius 1 is 1.08 bits per heavy atom. The van der Waals surface area contributed by atoms with Gasteiger partial charge in [-0.1, -0.05) is 32.0 Å². The predicted octanol–water partition coefficient (Wildman–Crippen LogP) is 3.77. The minimum Gasteiger partial charge on any atom is -0.321 e. The molecule has 0 radical (unpaired) electrons. The molecule has 0 atom stereocenters. The van der Waals surface area contributed by atoms with E-state index >= 15 is 0 Å². The molecule has 0 unspecified atom stereocenters. The maximum Gasteiger partial charge on any atom is 0.255 e. The molecule has 0 aromatic heterocycles. The quantitative estimate of drug-likeness (QED) is 0.837. The zero-order valence-corrected chi connectivity index (χ0v) is 16.8. The number of benzene rings is 2. The monoisotopic (exact) mass is 374 g/mol. The van der Waals surface area contributed by atoms with Gasteiger partial charge in [-0.15, -0.1) is 0 Å². The first-order valence-electron chi connectivity index (χ1n) is 8.65. The van der Waals surface area contributed by atoms with E-state index in [0.717, 1.165) is 41.5 Å². The highest BCUT2D eigenvalue weighted by molar-refractivity contribution is 7.92. The van der Waals surface area contributed by atoms with E-state index in [1.54, 1.807) is 25.1 Å². The minimum absolute atomic E-state index is 0.197. The number of nitrogens with zero attached hydrogens (tertiary/aromatic N) is 1. The lowest BCUT2D eigenvalue weighted by Crippen LogP contribution is -2.25. The molecule has 0 saturated heterocycles. The zero-order chi connectivity index (χ0) is 19.5. The van der Waals surface area contributed by atoms with Gasteiger partial charge >= 0.3 is 0 Å². The zero-order valence-electron chi connectivity index (χ0n) is 16.0. The van der Waals surface area contributed by atoms with Gasteiger partial charge in [-0.3, -0.25) is 9.10 Å². The molecule has 0 fully saturated rings. The maximum absolute atomic E-state index is 12.7. The first-order chi connectivity index (χ1) is 12.2. The molecule has 6 heteroatoms. The molecule has 0 heterocycles. The van der Waals surface area contributed by atoms with Crippen molar-refractivity contribution in [3.05, 3.63) is 58.7 Å². The van der Waals surface area contributed by atoms with Crippen molar-refractivity contribution in [2.45, 2.75) is 33.6 Å². The number of carbonyl (C=O) groups excluding carboxylic acids is 1. The smallest absolute Gasteiger partial charge is 0.255 e. The summed E-state index contributed by atoms with van der Waals surface area (Å²) in [5.41, 5.74) is 4.86. The molecule has 0 saturated carbocycles. The Morgan fingerprint density at radius 3 is 2.12 bits per heavy atom. The van der Waals surface area contributed by atoms with Gasteiger partial charge in [-0.25, -0.2) is 8.42 Å². The van der Waals surface area contributed by atoms with Crippen molar-refractivity contribution in [3.63, 3.8) is 0 Å². The second-order valence-corrected chi connectivity index (χ2v) is 8.36. The van der Waals surface area contributed by atoms with Crippen molar-refractivity contribution in [2.24, 2.45) is 0 Å². The number of rotatable bonds is 6. The van der Waals surface area contributed by atoms with Crippen LogP contribution < -0.4 is 9.62 Å². The Kier molecular flexibility index (Phi) is 6.08. The van der Waals surface area contributed by atoms with Crippen LogP contribution in [0.2, 0.25) is 0 Å². The molecule has 140 valence electrons. The summed E-state index contributed by atoms with van der Waals surface area (Å²) in [5, 5.41) is 3.03. The van der Waals surface area contributed by atoms with Crippen LogP contribution in [0.15, 0.2) is 36.4 Å². The van der Waals surface area contributed by atoms with Crippen molar-refractivity contribution < 1.29 is 13.2 Å². The number of para-hydroxylation sites is 1. The average Bonchev–Trinajstić information content (AvgIpc) is 2.60. The van der Waals surface area contributed by atoms with Gasteiger partial charge in [-0.05, 0) is 54.7 Å². The Labute approximate surface area is 156 Å². The van der Waals surface area contributed by atoms with Crippen molar-refractivity contribution in [3.8, 4) is 0 Å². The lowest BCUT2D eigenvalue weighted by atomic mass is 10.0. The molecule has 26 heavy (non-hydrogen) atoms. The van der Waals surface area contributed by atoms with E-state index in [9.17, 15) is 13.2 Å². The third-order valence-corrected chi connectivity index (χ3v) is 5.72. The Morgan fingerprint density at radius 2 is 1.65 bits per heavy atom. The molecular weight excluding hydrogens is 348 g/mol. The van der Waals surface area contributed by atoms with Crippen LogP contribution in [0.5, 0.6) is 0 Å². The molecule has 2 rings (SSSR count). The van der Waals surface area contributed by atoms with Gasteiger partial charge in [0.05, 0.1) is 11.9 Å². The maximum atomic E-state index is 12.7. The SMILES string of the molecule is CCc1cccc(CC)c1NC(=O)c1ccc(N(C)S(C)(=O)=O)c(C)c1. The molecule has 0 aliphatic rings. The predicted molar refractivity (Wildman–Crippen MR) is 108 cm³/mol. The molecular formula is C20H26N2O3S. The highest BCUT2D eigenvalue weighted by atomic mass is 32.2. The second kappa shape index (κ2) is 7.91. The third kappa shape index (κ3) is 4.25. The van der Waals surface area contributed by atoms with E-state index in [0.29, 0.717) is 11.3 Å². The number of sulfonamides is 1. The van der Waals surface area contributed by atoms with Gasteiger partial charge in [0.15, 0.2) is 0 Å². The molecule has 0 aliphatic heterocycles. The van der Waals surface area contributed by atoms with Crippen LogP contribution in [-0.4, -0.2) is 27.6 Å². The van der Waals surface area contributed by atoms with E-state index < -0.39 is 10.0 Å². The number of nitrogens with one attached hydrogen (secondary N) is 1. The van der Waals surface area contributed by atoms with Crippen molar-refractivity contribution >= 4 is 27.3 Å². The van der Waals surface area contributed by atoms with Crippen LogP contribution in [0.3, 0.4) is 0 Å². The Bertz CT molecular complexity index is 898. The van der Waals surface area contributed by atoms with Gasteiger partial charge in [0.1, 0.15) is 0 Å². The summed E-state index contributed by atoms with van der Waals surface area (Å²) in [6, 6.07) is 11.1. The molecule has 1 N–H and O–H groups in total. The lowest BCUT2D eigenvalue weighted by molar-refractivity contribution is 0.102. The van der Waals surface area contributed by atoms with Crippen LogP contribution >= 0.6 is 0 Å². The van der Waals surface area contributed by atoms with Gasteiger partial charge < -0.3 is 5.32 Å². The highest BCUT2D eigenvalue weighted by Crippen LogP contribution is 2.25. The number of hydrogen-bond acceptors (Lipinski definition) is 3. The molecule has 0 spiro atoms. The van der Waals surface area contributed by atoms with Crippen LogP contribution in [0.4, 0.5) is 11.4 Å². The van der Waals surface area contributed by atoms with Crippen LogP contribution in [-0.2, 0) is 22.9 Å². The topological polar surface area (TPSA) is 66.5 Å². The van der Waals surface area contributed by atoms with Crippen LogP contribution in [0, 0.1) is 6.92 Å². The average molecular weight is 375 g/mol. The fourth-order valence-electron chi connectivity index (χ4n) is 2.92. The van der Waals surface area contributed by atoms with E-state index in [1.807, 2.05) is 18.2 Å². The Balaban J connectivity index is 2.34. The molecule has 2 aromatic rings. The highest BCUT2D eigenvalue weighted by Gasteiger charge is 2.17. The lowest BCUT2D eigenvalue weighted by Gasteiger charge is -2.20. The summed E-state index contributed by atoms with van der Waals surface area (Å²) in [6.45, 7) is 5.92. The number of anilines is 2. The minimum atomic E-state index is -3.35. The number of hydrogen-bond donors (Lipinski definition) is 1. The van der Waals surface area contributed by atoms with Gasteiger partial charge in [-0.2, -0.15) is 0 Å². The summed E-state index contributed by atoms with van der Waals surface area (Å²) in [4.78, 5) is 12.7.